The smallest absolute Gasteiger partial charge is 0.328 e. The molecule has 0 heterocycles. The lowest BCUT2D eigenvalue weighted by Gasteiger charge is -1.96. The Morgan fingerprint density at radius 2 is 1.56 bits per heavy atom. The lowest BCUT2D eigenvalue weighted by atomic mass is 10.1. The van der Waals surface area contributed by atoms with Crippen LogP contribution in [-0.4, -0.2) is 17.4 Å². The van der Waals surface area contributed by atoms with Gasteiger partial charge >= 0.3 is 5.97 Å². The SMILES string of the molecule is O=CCCCCCCC/C=C/C=C/C(=O)O. The average molecular weight is 224 g/mol. The van der Waals surface area contributed by atoms with Crippen LogP contribution < -0.4 is 0 Å². The molecule has 0 saturated heterocycles. The molecule has 1 N–H and O–H groups in total. The highest BCUT2D eigenvalue weighted by Crippen LogP contribution is 2.06. The molecule has 0 aliphatic rings. The zero-order valence-corrected chi connectivity index (χ0v) is 9.60. The Labute approximate surface area is 96.9 Å². The highest BCUT2D eigenvalue weighted by Gasteiger charge is 1.89. The summed E-state index contributed by atoms with van der Waals surface area (Å²) >= 11 is 0. The molecule has 0 unspecified atom stereocenters. The third-order valence-electron chi connectivity index (χ3n) is 2.18. The molecule has 0 aromatic heterocycles. The molecule has 0 aliphatic carbocycles. The van der Waals surface area contributed by atoms with Gasteiger partial charge in [0.15, 0.2) is 0 Å². The minimum atomic E-state index is -0.917. The predicted molar refractivity (Wildman–Crippen MR) is 64.3 cm³/mol. The van der Waals surface area contributed by atoms with Crippen molar-refractivity contribution in [3.05, 3.63) is 24.3 Å². The predicted octanol–water partition coefficient (Wildman–Crippen LogP) is 3.11. The van der Waals surface area contributed by atoms with Gasteiger partial charge in [0.05, 0.1) is 0 Å². The van der Waals surface area contributed by atoms with E-state index in [1.807, 2.05) is 6.08 Å². The fraction of sp³-hybridized carbons (Fsp3) is 0.538. The van der Waals surface area contributed by atoms with E-state index < -0.39 is 5.97 Å². The van der Waals surface area contributed by atoms with Crippen LogP contribution in [-0.2, 0) is 9.59 Å². The van der Waals surface area contributed by atoms with Gasteiger partial charge in [-0.25, -0.2) is 4.79 Å². The minimum absolute atomic E-state index is 0.680. The quantitative estimate of drug-likeness (QED) is 0.268. The summed E-state index contributed by atoms with van der Waals surface area (Å²) in [6, 6.07) is 0. The van der Waals surface area contributed by atoms with E-state index >= 15 is 0 Å². The van der Waals surface area contributed by atoms with E-state index in [1.165, 1.54) is 18.9 Å². The minimum Gasteiger partial charge on any atom is -0.478 e. The van der Waals surface area contributed by atoms with E-state index in [1.54, 1.807) is 6.08 Å². The van der Waals surface area contributed by atoms with Crippen molar-refractivity contribution in [2.24, 2.45) is 0 Å². The Morgan fingerprint density at radius 1 is 0.938 bits per heavy atom. The second kappa shape index (κ2) is 11.7. The molecular weight excluding hydrogens is 204 g/mol. The molecule has 3 nitrogen and oxygen atoms in total. The Balaban J connectivity index is 3.20. The molecule has 0 rings (SSSR count). The Kier molecular flexibility index (Phi) is 10.7. The molecule has 0 fully saturated rings. The maximum atomic E-state index is 10.1. The number of hydrogen-bond acceptors (Lipinski definition) is 2. The first-order chi connectivity index (χ1) is 7.77. The van der Waals surface area contributed by atoms with Gasteiger partial charge in [-0.05, 0) is 19.3 Å². The van der Waals surface area contributed by atoms with E-state index in [-0.39, 0.29) is 0 Å². The molecule has 0 aromatic carbocycles. The van der Waals surface area contributed by atoms with Gasteiger partial charge in [-0.2, -0.15) is 0 Å². The summed E-state index contributed by atoms with van der Waals surface area (Å²) in [5.74, 6) is -0.917. The molecule has 0 spiro atoms. The van der Waals surface area contributed by atoms with Crippen molar-refractivity contribution < 1.29 is 14.7 Å². The summed E-state index contributed by atoms with van der Waals surface area (Å²) in [4.78, 5) is 20.1. The van der Waals surface area contributed by atoms with Gasteiger partial charge in [0, 0.05) is 12.5 Å². The van der Waals surface area contributed by atoms with Gasteiger partial charge in [-0.3, -0.25) is 0 Å². The van der Waals surface area contributed by atoms with E-state index in [9.17, 15) is 9.59 Å². The fourth-order valence-electron chi connectivity index (χ4n) is 1.33. The van der Waals surface area contributed by atoms with Crippen molar-refractivity contribution in [3.63, 3.8) is 0 Å². The summed E-state index contributed by atoms with van der Waals surface area (Å²) in [5, 5.41) is 8.31. The lowest BCUT2D eigenvalue weighted by Crippen LogP contribution is -1.84. The molecule has 0 aromatic rings. The van der Waals surface area contributed by atoms with Gasteiger partial charge in [0.1, 0.15) is 6.29 Å². The summed E-state index contributed by atoms with van der Waals surface area (Å²) in [5.41, 5.74) is 0. The number of carbonyl (C=O) groups is 2. The van der Waals surface area contributed by atoms with E-state index in [0.717, 1.165) is 38.0 Å². The zero-order chi connectivity index (χ0) is 12.1. The van der Waals surface area contributed by atoms with Crippen LogP contribution in [0.15, 0.2) is 24.3 Å². The summed E-state index contributed by atoms with van der Waals surface area (Å²) < 4.78 is 0. The van der Waals surface area contributed by atoms with Crippen LogP contribution in [0.5, 0.6) is 0 Å². The molecule has 90 valence electrons. The summed E-state index contributed by atoms with van der Waals surface area (Å²) in [6.45, 7) is 0. The van der Waals surface area contributed by atoms with Crippen molar-refractivity contribution in [1.29, 1.82) is 0 Å². The Morgan fingerprint density at radius 3 is 2.19 bits per heavy atom. The third-order valence-corrected chi connectivity index (χ3v) is 2.18. The number of hydrogen-bond donors (Lipinski definition) is 1. The standard InChI is InChI=1S/C13H20O3/c14-12-10-8-6-4-2-1-3-5-7-9-11-13(15)16/h5,7,9,11-12H,1-4,6,8,10H2,(H,15,16)/b7-5+,11-9+. The zero-order valence-electron chi connectivity index (χ0n) is 9.60. The largest absolute Gasteiger partial charge is 0.478 e. The molecule has 0 atom stereocenters. The fourth-order valence-corrected chi connectivity index (χ4v) is 1.33. The van der Waals surface area contributed by atoms with E-state index in [0.29, 0.717) is 6.42 Å². The summed E-state index contributed by atoms with van der Waals surface area (Å²) in [7, 11) is 0. The van der Waals surface area contributed by atoms with Crippen LogP contribution in [0.1, 0.15) is 44.9 Å². The molecule has 0 amide bonds. The van der Waals surface area contributed by atoms with Gasteiger partial charge in [0.25, 0.3) is 0 Å². The Hall–Kier alpha value is -1.38. The molecule has 0 bridgehead atoms. The molecule has 0 aliphatic heterocycles. The maximum absolute atomic E-state index is 10.1. The van der Waals surface area contributed by atoms with Crippen LogP contribution in [0.2, 0.25) is 0 Å². The van der Waals surface area contributed by atoms with Crippen LogP contribution in [0, 0.1) is 0 Å². The van der Waals surface area contributed by atoms with Gasteiger partial charge < -0.3 is 9.90 Å². The van der Waals surface area contributed by atoms with Crippen LogP contribution >= 0.6 is 0 Å². The number of carboxylic acids is 1. The first-order valence-corrected chi connectivity index (χ1v) is 5.77. The van der Waals surface area contributed by atoms with Gasteiger partial charge in [0.2, 0.25) is 0 Å². The normalized spacial score (nSPS) is 11.2. The second-order valence-corrected chi connectivity index (χ2v) is 3.64. The number of carboxylic acid groups (broad SMARTS) is 1. The molecule has 16 heavy (non-hydrogen) atoms. The summed E-state index contributed by atoms with van der Waals surface area (Å²) in [6.07, 6.45) is 14.6. The Bertz CT molecular complexity index is 242. The van der Waals surface area contributed by atoms with Crippen LogP contribution in [0.25, 0.3) is 0 Å². The number of allylic oxidation sites excluding steroid dienone is 3. The first kappa shape index (κ1) is 14.6. The molecular formula is C13H20O3. The maximum Gasteiger partial charge on any atom is 0.328 e. The third kappa shape index (κ3) is 12.6. The van der Waals surface area contributed by atoms with Crippen molar-refractivity contribution >= 4 is 12.3 Å². The number of carbonyl (C=O) groups excluding carboxylic acids is 1. The van der Waals surface area contributed by atoms with Gasteiger partial charge in [-0.1, -0.05) is 37.5 Å². The number of aliphatic carboxylic acids is 1. The van der Waals surface area contributed by atoms with E-state index in [4.69, 9.17) is 5.11 Å². The second-order valence-electron chi connectivity index (χ2n) is 3.64. The van der Waals surface area contributed by atoms with Gasteiger partial charge in [-0.15, -0.1) is 0 Å². The topological polar surface area (TPSA) is 54.4 Å². The van der Waals surface area contributed by atoms with E-state index in [2.05, 4.69) is 0 Å². The highest BCUT2D eigenvalue weighted by atomic mass is 16.4. The highest BCUT2D eigenvalue weighted by molar-refractivity contribution is 5.80. The van der Waals surface area contributed by atoms with Crippen molar-refractivity contribution in [2.45, 2.75) is 44.9 Å². The first-order valence-electron chi connectivity index (χ1n) is 5.77. The van der Waals surface area contributed by atoms with Crippen molar-refractivity contribution in [3.8, 4) is 0 Å². The molecule has 0 radical (unpaired) electrons. The van der Waals surface area contributed by atoms with Crippen molar-refractivity contribution in [2.75, 3.05) is 0 Å². The number of aldehydes is 1. The van der Waals surface area contributed by atoms with Crippen LogP contribution in [0.3, 0.4) is 0 Å². The average Bonchev–Trinajstić information content (AvgIpc) is 2.25. The van der Waals surface area contributed by atoms with Crippen LogP contribution in [0.4, 0.5) is 0 Å². The lowest BCUT2D eigenvalue weighted by molar-refractivity contribution is -0.131. The number of rotatable bonds is 10. The van der Waals surface area contributed by atoms with Crippen molar-refractivity contribution in [1.82, 2.24) is 0 Å². The molecule has 0 saturated carbocycles. The monoisotopic (exact) mass is 224 g/mol. The molecule has 3 heteroatoms. The number of unbranched alkanes of at least 4 members (excludes halogenated alkanes) is 6.